The van der Waals surface area contributed by atoms with E-state index in [9.17, 15) is 0 Å². The third kappa shape index (κ3) is 4.63. The van der Waals surface area contributed by atoms with Crippen molar-refractivity contribution in [1.82, 2.24) is 15.2 Å². The molecule has 2 aromatic rings. The zero-order chi connectivity index (χ0) is 14.3. The van der Waals surface area contributed by atoms with Gasteiger partial charge in [0.25, 0.3) is 0 Å². The van der Waals surface area contributed by atoms with E-state index in [1.54, 1.807) is 11.3 Å². The van der Waals surface area contributed by atoms with Gasteiger partial charge in [-0.2, -0.15) is 0 Å². The van der Waals surface area contributed by atoms with Crippen molar-refractivity contribution in [3.8, 4) is 0 Å². The molecule has 0 unspecified atom stereocenters. The van der Waals surface area contributed by atoms with Crippen molar-refractivity contribution in [2.45, 2.75) is 31.8 Å². The lowest BCUT2D eigenvalue weighted by atomic mass is 10.0. The summed E-state index contributed by atoms with van der Waals surface area (Å²) in [5.74, 6) is 0. The van der Waals surface area contributed by atoms with Gasteiger partial charge in [-0.1, -0.05) is 30.3 Å². The van der Waals surface area contributed by atoms with Crippen molar-refractivity contribution in [3.63, 3.8) is 0 Å². The van der Waals surface area contributed by atoms with Crippen LogP contribution in [0.5, 0.6) is 0 Å². The van der Waals surface area contributed by atoms with Crippen LogP contribution in [-0.2, 0) is 13.0 Å². The molecule has 2 heterocycles. The number of benzene rings is 1. The number of nitrogens with one attached hydrogen (secondary N) is 1. The van der Waals surface area contributed by atoms with Gasteiger partial charge in [0, 0.05) is 24.5 Å². The van der Waals surface area contributed by atoms with Crippen LogP contribution < -0.4 is 5.32 Å². The third-order valence-electron chi connectivity index (χ3n) is 4.20. The first-order chi connectivity index (χ1) is 10.4. The number of hydrogen-bond donors (Lipinski definition) is 1. The minimum absolute atomic E-state index is 0.652. The van der Waals surface area contributed by atoms with Gasteiger partial charge in [-0.25, -0.2) is 4.98 Å². The van der Waals surface area contributed by atoms with Crippen LogP contribution in [0, 0.1) is 0 Å². The normalized spacial score (nSPS) is 17.1. The number of piperidine rings is 1. The molecule has 3 nitrogen and oxygen atoms in total. The van der Waals surface area contributed by atoms with E-state index in [4.69, 9.17) is 0 Å². The van der Waals surface area contributed by atoms with Crippen molar-refractivity contribution >= 4 is 11.3 Å². The third-order valence-corrected chi connectivity index (χ3v) is 4.84. The van der Waals surface area contributed by atoms with Crippen molar-refractivity contribution in [3.05, 3.63) is 52.5 Å². The molecule has 1 aliphatic rings. The lowest BCUT2D eigenvalue weighted by Crippen LogP contribution is -2.42. The molecule has 0 saturated carbocycles. The largest absolute Gasteiger partial charge is 0.308 e. The smallest absolute Gasteiger partial charge is 0.0795 e. The summed E-state index contributed by atoms with van der Waals surface area (Å²) in [5, 5.41) is 5.76. The number of likely N-dealkylation sites (tertiary alicyclic amines) is 1. The first-order valence-corrected chi connectivity index (χ1v) is 8.71. The molecule has 0 aliphatic carbocycles. The Bertz CT molecular complexity index is 504. The SMILES string of the molecule is c1ccc(CCN2CCC(NCc3cscn3)CC2)cc1. The molecule has 21 heavy (non-hydrogen) atoms. The monoisotopic (exact) mass is 301 g/mol. The summed E-state index contributed by atoms with van der Waals surface area (Å²) < 4.78 is 0. The second-order valence-corrected chi connectivity index (χ2v) is 6.43. The van der Waals surface area contributed by atoms with E-state index in [2.05, 4.69) is 50.9 Å². The fourth-order valence-corrected chi connectivity index (χ4v) is 3.42. The second-order valence-electron chi connectivity index (χ2n) is 5.71. The number of rotatable bonds is 6. The lowest BCUT2D eigenvalue weighted by molar-refractivity contribution is 0.199. The highest BCUT2D eigenvalue weighted by molar-refractivity contribution is 7.07. The summed E-state index contributed by atoms with van der Waals surface area (Å²) in [6, 6.07) is 11.4. The molecule has 1 aromatic carbocycles. The van der Waals surface area contributed by atoms with E-state index in [1.165, 1.54) is 43.7 Å². The summed E-state index contributed by atoms with van der Waals surface area (Å²) in [4.78, 5) is 6.92. The van der Waals surface area contributed by atoms with Crippen LogP contribution in [0.15, 0.2) is 41.2 Å². The van der Waals surface area contributed by atoms with Gasteiger partial charge >= 0.3 is 0 Å². The standard InChI is InChI=1S/C17H23N3S/c1-2-4-15(5-3-1)6-9-20-10-7-16(8-11-20)18-12-17-13-21-14-19-17/h1-5,13-14,16,18H,6-12H2. The van der Waals surface area contributed by atoms with E-state index in [0.29, 0.717) is 6.04 Å². The maximum Gasteiger partial charge on any atom is 0.0795 e. The fraction of sp³-hybridized carbons (Fsp3) is 0.471. The molecular weight excluding hydrogens is 278 g/mol. The fourth-order valence-electron chi connectivity index (χ4n) is 2.87. The molecule has 0 spiro atoms. The van der Waals surface area contributed by atoms with E-state index in [0.717, 1.165) is 13.0 Å². The molecule has 0 radical (unpaired) electrons. The van der Waals surface area contributed by atoms with Gasteiger partial charge < -0.3 is 10.2 Å². The molecule has 0 amide bonds. The number of nitrogens with zero attached hydrogens (tertiary/aromatic N) is 2. The molecule has 112 valence electrons. The van der Waals surface area contributed by atoms with Crippen molar-refractivity contribution < 1.29 is 0 Å². The first kappa shape index (κ1) is 14.7. The molecule has 1 N–H and O–H groups in total. The van der Waals surface area contributed by atoms with Crippen LogP contribution in [0.25, 0.3) is 0 Å². The maximum atomic E-state index is 4.32. The zero-order valence-electron chi connectivity index (χ0n) is 12.4. The van der Waals surface area contributed by atoms with Crippen molar-refractivity contribution in [2.75, 3.05) is 19.6 Å². The molecule has 0 bridgehead atoms. The molecule has 4 heteroatoms. The quantitative estimate of drug-likeness (QED) is 0.889. The van der Waals surface area contributed by atoms with Gasteiger partial charge in [0.05, 0.1) is 11.2 Å². The van der Waals surface area contributed by atoms with Crippen LogP contribution in [0.4, 0.5) is 0 Å². The molecule has 1 aliphatic heterocycles. The van der Waals surface area contributed by atoms with Crippen molar-refractivity contribution in [1.29, 1.82) is 0 Å². The molecule has 3 rings (SSSR count). The number of thiazole rings is 1. The zero-order valence-corrected chi connectivity index (χ0v) is 13.2. The van der Waals surface area contributed by atoms with Crippen LogP contribution >= 0.6 is 11.3 Å². The molecular formula is C17H23N3S. The highest BCUT2D eigenvalue weighted by Gasteiger charge is 2.18. The van der Waals surface area contributed by atoms with Gasteiger partial charge in [-0.05, 0) is 37.9 Å². The Kier molecular flexibility index (Phi) is 5.38. The summed E-state index contributed by atoms with van der Waals surface area (Å²) in [7, 11) is 0. The predicted octanol–water partition coefficient (Wildman–Crippen LogP) is 2.94. The molecule has 1 aromatic heterocycles. The van der Waals surface area contributed by atoms with Crippen LogP contribution in [-0.4, -0.2) is 35.6 Å². The number of hydrogen-bond acceptors (Lipinski definition) is 4. The van der Waals surface area contributed by atoms with Crippen LogP contribution in [0.2, 0.25) is 0 Å². The highest BCUT2D eigenvalue weighted by atomic mass is 32.1. The summed E-state index contributed by atoms with van der Waals surface area (Å²) in [5.41, 5.74) is 4.52. The van der Waals surface area contributed by atoms with Crippen LogP contribution in [0.1, 0.15) is 24.1 Å². The Hall–Kier alpha value is -1.23. The van der Waals surface area contributed by atoms with Crippen LogP contribution in [0.3, 0.4) is 0 Å². The first-order valence-electron chi connectivity index (χ1n) is 7.77. The topological polar surface area (TPSA) is 28.2 Å². The highest BCUT2D eigenvalue weighted by Crippen LogP contribution is 2.12. The second kappa shape index (κ2) is 7.69. The van der Waals surface area contributed by atoms with Crippen molar-refractivity contribution in [2.24, 2.45) is 0 Å². The van der Waals surface area contributed by atoms with Gasteiger partial charge in [0.2, 0.25) is 0 Å². The Morgan fingerprint density at radius 3 is 2.71 bits per heavy atom. The summed E-state index contributed by atoms with van der Waals surface area (Å²) >= 11 is 1.67. The minimum Gasteiger partial charge on any atom is -0.308 e. The molecule has 1 saturated heterocycles. The average molecular weight is 301 g/mol. The van der Waals surface area contributed by atoms with E-state index >= 15 is 0 Å². The summed E-state index contributed by atoms with van der Waals surface area (Å²) in [6.45, 7) is 4.52. The van der Waals surface area contributed by atoms with E-state index < -0.39 is 0 Å². The van der Waals surface area contributed by atoms with Gasteiger partial charge in [-0.15, -0.1) is 11.3 Å². The number of aromatic nitrogens is 1. The molecule has 1 fully saturated rings. The van der Waals surface area contributed by atoms with E-state index in [1.807, 2.05) is 5.51 Å². The Morgan fingerprint density at radius 1 is 1.19 bits per heavy atom. The van der Waals surface area contributed by atoms with Gasteiger partial charge in [0.15, 0.2) is 0 Å². The predicted molar refractivity (Wildman–Crippen MR) is 88.6 cm³/mol. The minimum atomic E-state index is 0.652. The summed E-state index contributed by atoms with van der Waals surface area (Å²) in [6.07, 6.45) is 3.66. The average Bonchev–Trinajstić information content (AvgIpc) is 3.06. The van der Waals surface area contributed by atoms with Gasteiger partial charge in [-0.3, -0.25) is 0 Å². The lowest BCUT2D eigenvalue weighted by Gasteiger charge is -2.32. The van der Waals surface area contributed by atoms with E-state index in [-0.39, 0.29) is 0 Å². The Balaban J connectivity index is 1.35. The Labute approximate surface area is 131 Å². The molecule has 0 atom stereocenters. The maximum absolute atomic E-state index is 4.32. The Morgan fingerprint density at radius 2 is 2.00 bits per heavy atom. The van der Waals surface area contributed by atoms with Gasteiger partial charge in [0.1, 0.15) is 0 Å².